The first-order chi connectivity index (χ1) is 24.5. The fraction of sp³-hybridized carbons (Fsp3) is 0.595. The molecule has 2 heterocycles. The number of nitrogens with zero attached hydrogens (tertiary/aromatic N) is 5. The summed E-state index contributed by atoms with van der Waals surface area (Å²) in [4.78, 5) is 53.6. The Balaban J connectivity index is 1.31. The summed E-state index contributed by atoms with van der Waals surface area (Å²) in [5.41, 5.74) is 1.05. The normalized spacial score (nSPS) is 16.0. The smallest absolute Gasteiger partial charge is 0.410 e. The first kappa shape index (κ1) is 39.2. The predicted molar refractivity (Wildman–Crippen MR) is 196 cm³/mol. The molecule has 1 atom stereocenters. The summed E-state index contributed by atoms with van der Waals surface area (Å²) in [6.45, 7) is 9.60. The number of ether oxygens (including phenoxy) is 4. The van der Waals surface area contributed by atoms with Gasteiger partial charge in [-0.15, -0.1) is 12.3 Å². The van der Waals surface area contributed by atoms with Gasteiger partial charge < -0.3 is 44.3 Å². The largest absolute Gasteiger partial charge is 0.495 e. The maximum Gasteiger partial charge on any atom is 0.410 e. The molecule has 3 amide bonds. The van der Waals surface area contributed by atoms with Gasteiger partial charge in [0.2, 0.25) is 11.9 Å². The van der Waals surface area contributed by atoms with Gasteiger partial charge in [0.1, 0.15) is 23.1 Å². The third-order valence-electron chi connectivity index (χ3n) is 8.71. The van der Waals surface area contributed by atoms with Gasteiger partial charge in [-0.05, 0) is 58.2 Å². The number of carbonyl (C=O) groups is 3. The van der Waals surface area contributed by atoms with E-state index < -0.39 is 11.7 Å². The molecule has 1 aliphatic carbocycles. The molecule has 2 aliphatic rings. The van der Waals surface area contributed by atoms with E-state index >= 15 is 0 Å². The van der Waals surface area contributed by atoms with Crippen molar-refractivity contribution in [3.05, 3.63) is 30.0 Å². The third-order valence-corrected chi connectivity index (χ3v) is 8.71. The van der Waals surface area contributed by atoms with Crippen molar-refractivity contribution in [3.63, 3.8) is 0 Å². The number of anilines is 4. The van der Waals surface area contributed by atoms with Crippen LogP contribution in [0.25, 0.3) is 0 Å². The van der Waals surface area contributed by atoms with Gasteiger partial charge in [-0.3, -0.25) is 9.59 Å². The summed E-state index contributed by atoms with van der Waals surface area (Å²) in [7, 11) is 3.30. The molecule has 1 aromatic carbocycles. The van der Waals surface area contributed by atoms with Crippen molar-refractivity contribution in [2.24, 2.45) is 0 Å². The Hall–Kier alpha value is -4.61. The highest BCUT2D eigenvalue weighted by Gasteiger charge is 2.41. The number of amides is 3. The van der Waals surface area contributed by atoms with E-state index in [1.54, 1.807) is 36.3 Å². The second-order valence-corrected chi connectivity index (χ2v) is 13.5. The number of nitrogens with one attached hydrogen (secondary N) is 2. The molecule has 1 aromatic heterocycles. The zero-order valence-corrected chi connectivity index (χ0v) is 30.8. The van der Waals surface area contributed by atoms with Crippen molar-refractivity contribution in [2.45, 2.75) is 83.9 Å². The summed E-state index contributed by atoms with van der Waals surface area (Å²) in [6, 6.07) is 5.06. The SMILES string of the molecule is C#CCCOCCN(CCOCCNC(=O)c1ccc(Nc2ncc3c(n2)N(C2CCCC2)[C@H](CC)C(=O)N3C)c(OC)c1)C(=O)OC(C)(C)C. The summed E-state index contributed by atoms with van der Waals surface area (Å²) in [5.74, 6) is 3.83. The molecule has 0 unspecified atom stereocenters. The predicted octanol–water partition coefficient (Wildman–Crippen LogP) is 4.76. The number of likely N-dealkylation sites (N-methyl/N-ethyl adjacent to an activating group) is 1. The van der Waals surface area contributed by atoms with E-state index in [0.717, 1.165) is 31.5 Å². The second-order valence-electron chi connectivity index (χ2n) is 13.5. The van der Waals surface area contributed by atoms with Gasteiger partial charge in [0, 0.05) is 44.7 Å². The Labute approximate surface area is 301 Å². The lowest BCUT2D eigenvalue weighted by atomic mass is 10.0. The van der Waals surface area contributed by atoms with E-state index in [1.807, 2.05) is 27.7 Å². The van der Waals surface area contributed by atoms with E-state index in [1.165, 1.54) is 12.0 Å². The van der Waals surface area contributed by atoms with Crippen LogP contribution in [0.4, 0.5) is 27.9 Å². The van der Waals surface area contributed by atoms with Gasteiger partial charge in [0.05, 0.1) is 45.4 Å². The van der Waals surface area contributed by atoms with Crippen molar-refractivity contribution in [1.29, 1.82) is 0 Å². The molecule has 1 aliphatic heterocycles. The van der Waals surface area contributed by atoms with E-state index in [0.29, 0.717) is 67.8 Å². The zero-order chi connectivity index (χ0) is 37.0. The van der Waals surface area contributed by atoms with Crippen LogP contribution in [0, 0.1) is 12.3 Å². The van der Waals surface area contributed by atoms with Crippen molar-refractivity contribution >= 4 is 41.0 Å². The van der Waals surface area contributed by atoms with E-state index in [9.17, 15) is 14.4 Å². The number of carbonyl (C=O) groups excluding carboxylic acids is 3. The Morgan fingerprint density at radius 2 is 1.80 bits per heavy atom. The number of rotatable bonds is 17. The summed E-state index contributed by atoms with van der Waals surface area (Å²) in [6.07, 6.45) is 12.0. The molecule has 1 saturated carbocycles. The molecule has 14 nitrogen and oxygen atoms in total. The van der Waals surface area contributed by atoms with Crippen molar-refractivity contribution < 1.29 is 33.3 Å². The highest BCUT2D eigenvalue weighted by molar-refractivity contribution is 6.04. The highest BCUT2D eigenvalue weighted by atomic mass is 16.6. The van der Waals surface area contributed by atoms with Crippen molar-refractivity contribution in [2.75, 3.05) is 75.3 Å². The standard InChI is InChI=1S/C37H53N7O7/c1-8-10-20-49-22-18-43(36(47)51-37(3,4)5)19-23-50-21-17-38-33(45)26-15-16-28(31(24-26)48-7)40-35-39-25-30-32(41-35)44(27-13-11-12-14-27)29(9-2)34(46)42(30)6/h1,15-16,24-25,27,29H,9-14,17-23H2,2-7H3,(H,38,45)(H,39,40,41)/t29-/m1/s1. The summed E-state index contributed by atoms with van der Waals surface area (Å²) >= 11 is 0. The number of terminal acetylenes is 1. The van der Waals surface area contributed by atoms with Crippen molar-refractivity contribution in [1.82, 2.24) is 20.2 Å². The van der Waals surface area contributed by atoms with Crippen LogP contribution in [0.1, 0.15) is 76.6 Å². The minimum absolute atomic E-state index is 0.0576. The lowest BCUT2D eigenvalue weighted by Gasteiger charge is -2.43. The molecular weight excluding hydrogens is 654 g/mol. The number of hydrogen-bond acceptors (Lipinski definition) is 11. The number of fused-ring (bicyclic) bond motifs is 1. The maximum absolute atomic E-state index is 13.2. The van der Waals surface area contributed by atoms with E-state index in [-0.39, 0.29) is 43.7 Å². The molecule has 0 spiro atoms. The molecule has 4 rings (SSSR count). The minimum Gasteiger partial charge on any atom is -0.495 e. The molecule has 51 heavy (non-hydrogen) atoms. The molecule has 2 aromatic rings. The lowest BCUT2D eigenvalue weighted by molar-refractivity contribution is -0.120. The molecular formula is C37H53N7O7. The van der Waals surface area contributed by atoms with Crippen LogP contribution in [-0.2, 0) is 19.0 Å². The second kappa shape index (κ2) is 18.6. The molecule has 278 valence electrons. The Morgan fingerprint density at radius 3 is 2.45 bits per heavy atom. The van der Waals surface area contributed by atoms with E-state index in [4.69, 9.17) is 30.4 Å². The van der Waals surface area contributed by atoms with Gasteiger partial charge >= 0.3 is 6.09 Å². The monoisotopic (exact) mass is 707 g/mol. The average molecular weight is 708 g/mol. The number of benzene rings is 1. The van der Waals surface area contributed by atoms with E-state index in [2.05, 4.69) is 26.4 Å². The van der Waals surface area contributed by atoms with Crippen molar-refractivity contribution in [3.8, 4) is 18.1 Å². The van der Waals surface area contributed by atoms with Gasteiger partial charge in [-0.2, -0.15) is 4.98 Å². The number of hydrogen-bond donors (Lipinski definition) is 2. The first-order valence-corrected chi connectivity index (χ1v) is 17.7. The topological polar surface area (TPSA) is 148 Å². The number of methoxy groups -OCH3 is 1. The average Bonchev–Trinajstić information content (AvgIpc) is 3.64. The van der Waals surface area contributed by atoms with Crippen LogP contribution >= 0.6 is 0 Å². The van der Waals surface area contributed by atoms with Crippen LogP contribution in [-0.4, -0.2) is 111 Å². The van der Waals surface area contributed by atoms with Gasteiger partial charge in [0.15, 0.2) is 5.82 Å². The Kier molecular flexibility index (Phi) is 14.3. The molecule has 1 fully saturated rings. The van der Waals surface area contributed by atoms with Gasteiger partial charge in [0.25, 0.3) is 5.91 Å². The quantitative estimate of drug-likeness (QED) is 0.173. The molecule has 14 heteroatoms. The maximum atomic E-state index is 13.2. The molecule has 2 N–H and O–H groups in total. The fourth-order valence-corrected chi connectivity index (χ4v) is 6.14. The molecule has 0 radical (unpaired) electrons. The lowest BCUT2D eigenvalue weighted by Crippen LogP contribution is -2.55. The highest BCUT2D eigenvalue weighted by Crippen LogP contribution is 2.40. The minimum atomic E-state index is -0.633. The van der Waals surface area contributed by atoms with Crippen LogP contribution in [0.15, 0.2) is 24.4 Å². The fourth-order valence-electron chi connectivity index (χ4n) is 6.14. The first-order valence-electron chi connectivity index (χ1n) is 17.7. The van der Waals surface area contributed by atoms with Crippen LogP contribution < -0.4 is 25.2 Å². The Morgan fingerprint density at radius 1 is 1.10 bits per heavy atom. The third kappa shape index (κ3) is 10.7. The van der Waals surface area contributed by atoms with Crippen LogP contribution in [0.5, 0.6) is 5.75 Å². The number of aromatic nitrogens is 2. The van der Waals surface area contributed by atoms with Gasteiger partial charge in [-0.1, -0.05) is 19.8 Å². The summed E-state index contributed by atoms with van der Waals surface area (Å²) < 4.78 is 22.3. The summed E-state index contributed by atoms with van der Waals surface area (Å²) in [5, 5.41) is 6.10. The molecule has 0 bridgehead atoms. The van der Waals surface area contributed by atoms with Crippen LogP contribution in [0.3, 0.4) is 0 Å². The van der Waals surface area contributed by atoms with Crippen LogP contribution in [0.2, 0.25) is 0 Å². The molecule has 0 saturated heterocycles. The van der Waals surface area contributed by atoms with Gasteiger partial charge in [-0.25, -0.2) is 9.78 Å². The zero-order valence-electron chi connectivity index (χ0n) is 30.8. The Bertz CT molecular complexity index is 1530.